The molecule has 0 saturated carbocycles. The molecule has 0 aromatic rings. The molecule has 0 aromatic carbocycles. The summed E-state index contributed by atoms with van der Waals surface area (Å²) in [6.45, 7) is 3.28. The Hall–Kier alpha value is -0.280. The van der Waals surface area contributed by atoms with Crippen molar-refractivity contribution < 1.29 is 17.6 Å². The molecule has 0 bridgehead atoms. The lowest BCUT2D eigenvalue weighted by molar-refractivity contribution is -0.200. The van der Waals surface area contributed by atoms with Gasteiger partial charge < -0.3 is 0 Å². The van der Waals surface area contributed by atoms with Gasteiger partial charge in [0.05, 0.1) is 0 Å². The fraction of sp³-hybridized carbons (Fsp3) is 0.833. The Labute approximate surface area is 57.2 Å². The maximum absolute atomic E-state index is 12.1. The quantitative estimate of drug-likeness (QED) is 0.552. The molecule has 0 unspecified atom stereocenters. The van der Waals surface area contributed by atoms with Gasteiger partial charge in [-0.1, -0.05) is 6.92 Å². The van der Waals surface area contributed by atoms with E-state index >= 15 is 0 Å². The molecule has 0 fully saturated rings. The molecule has 4 heteroatoms. The first-order chi connectivity index (χ1) is 4.31. The zero-order chi connectivity index (χ0) is 8.41. The van der Waals surface area contributed by atoms with Crippen LogP contribution in [0.1, 0.15) is 19.8 Å². The van der Waals surface area contributed by atoms with Crippen LogP contribution in [0, 0.1) is 6.92 Å². The lowest BCUT2D eigenvalue weighted by Gasteiger charge is -2.21. The highest BCUT2D eigenvalue weighted by molar-refractivity contribution is 4.80. The van der Waals surface area contributed by atoms with E-state index in [4.69, 9.17) is 0 Å². The SMILES string of the molecule is [CH2]CCC(F)(F)C(C)(F)F. The first-order valence-corrected chi connectivity index (χ1v) is 2.86. The van der Waals surface area contributed by atoms with Crippen molar-refractivity contribution in [2.75, 3.05) is 0 Å². The number of hydrogen-bond acceptors (Lipinski definition) is 0. The summed E-state index contributed by atoms with van der Waals surface area (Å²) in [5.74, 6) is -7.83. The van der Waals surface area contributed by atoms with Gasteiger partial charge in [0.25, 0.3) is 0 Å². The minimum absolute atomic E-state index is 0.184. The predicted octanol–water partition coefficient (Wildman–Crippen LogP) is 2.89. The summed E-state index contributed by atoms with van der Waals surface area (Å²) in [5, 5.41) is 0. The normalized spacial score (nSPS) is 13.8. The van der Waals surface area contributed by atoms with E-state index in [2.05, 4.69) is 6.92 Å². The van der Waals surface area contributed by atoms with E-state index in [0.29, 0.717) is 0 Å². The van der Waals surface area contributed by atoms with Crippen LogP contribution < -0.4 is 0 Å². The Morgan fingerprint density at radius 1 is 1.20 bits per heavy atom. The molecule has 0 atom stereocenters. The summed E-state index contributed by atoms with van der Waals surface area (Å²) in [4.78, 5) is 0. The van der Waals surface area contributed by atoms with Crippen molar-refractivity contribution >= 4 is 0 Å². The average Bonchev–Trinajstić information content (AvgIpc) is 1.61. The highest BCUT2D eigenvalue weighted by atomic mass is 19.3. The van der Waals surface area contributed by atoms with E-state index in [0.717, 1.165) is 0 Å². The standard InChI is InChI=1S/C6H9F4/c1-3-4-6(9,10)5(2,7)8/h1,3-4H2,2H3. The van der Waals surface area contributed by atoms with Gasteiger partial charge in [-0.25, -0.2) is 8.78 Å². The van der Waals surface area contributed by atoms with E-state index in [-0.39, 0.29) is 13.3 Å². The molecule has 0 aromatic heterocycles. The zero-order valence-electron chi connectivity index (χ0n) is 5.63. The Morgan fingerprint density at radius 3 is 1.70 bits per heavy atom. The molecule has 0 saturated heterocycles. The van der Waals surface area contributed by atoms with Crippen molar-refractivity contribution in [3.63, 3.8) is 0 Å². The van der Waals surface area contributed by atoms with Crippen LogP contribution in [-0.2, 0) is 0 Å². The zero-order valence-corrected chi connectivity index (χ0v) is 5.63. The molecular weight excluding hydrogens is 148 g/mol. The lowest BCUT2D eigenvalue weighted by Crippen LogP contribution is -2.37. The molecule has 0 rings (SSSR count). The molecule has 0 aliphatic carbocycles. The van der Waals surface area contributed by atoms with Crippen LogP contribution in [0.15, 0.2) is 0 Å². The molecule has 0 aliphatic heterocycles. The third-order valence-corrected chi connectivity index (χ3v) is 1.13. The lowest BCUT2D eigenvalue weighted by atomic mass is 10.1. The van der Waals surface area contributed by atoms with Gasteiger partial charge in [0.15, 0.2) is 0 Å². The van der Waals surface area contributed by atoms with Crippen molar-refractivity contribution in [3.05, 3.63) is 6.92 Å². The van der Waals surface area contributed by atoms with Crippen molar-refractivity contribution in [3.8, 4) is 0 Å². The van der Waals surface area contributed by atoms with Crippen LogP contribution in [0.5, 0.6) is 0 Å². The van der Waals surface area contributed by atoms with Gasteiger partial charge in [-0.2, -0.15) is 8.78 Å². The predicted molar refractivity (Wildman–Crippen MR) is 30.2 cm³/mol. The Balaban J connectivity index is 4.10. The Kier molecular flexibility index (Phi) is 2.68. The first kappa shape index (κ1) is 9.72. The Bertz CT molecular complexity index is 103. The monoisotopic (exact) mass is 157 g/mol. The molecule has 61 valence electrons. The third-order valence-electron chi connectivity index (χ3n) is 1.13. The molecule has 0 heterocycles. The highest BCUT2D eigenvalue weighted by Crippen LogP contribution is 2.36. The molecule has 1 radical (unpaired) electrons. The topological polar surface area (TPSA) is 0 Å². The van der Waals surface area contributed by atoms with Crippen molar-refractivity contribution in [2.45, 2.75) is 31.6 Å². The summed E-state index contributed by atoms with van der Waals surface area (Å²) in [6.07, 6.45) is -1.05. The second-order valence-electron chi connectivity index (χ2n) is 2.20. The minimum atomic E-state index is -3.93. The molecular formula is C6H9F4. The van der Waals surface area contributed by atoms with E-state index in [9.17, 15) is 17.6 Å². The maximum atomic E-state index is 12.1. The van der Waals surface area contributed by atoms with E-state index in [1.807, 2.05) is 0 Å². The second kappa shape index (κ2) is 2.76. The van der Waals surface area contributed by atoms with Crippen LogP contribution in [0.25, 0.3) is 0 Å². The highest BCUT2D eigenvalue weighted by Gasteiger charge is 2.50. The summed E-state index contributed by atoms with van der Waals surface area (Å²) < 4.78 is 48.1. The minimum Gasteiger partial charge on any atom is -0.200 e. The summed E-state index contributed by atoms with van der Waals surface area (Å²) >= 11 is 0. The van der Waals surface area contributed by atoms with Gasteiger partial charge in [0.1, 0.15) is 0 Å². The molecule has 0 N–H and O–H groups in total. The smallest absolute Gasteiger partial charge is 0.200 e. The fourth-order valence-corrected chi connectivity index (χ4v) is 0.442. The van der Waals surface area contributed by atoms with Gasteiger partial charge >= 0.3 is 11.8 Å². The third kappa shape index (κ3) is 2.15. The van der Waals surface area contributed by atoms with E-state index in [1.54, 1.807) is 0 Å². The van der Waals surface area contributed by atoms with Crippen LogP contribution in [0.2, 0.25) is 0 Å². The molecule has 10 heavy (non-hydrogen) atoms. The average molecular weight is 157 g/mol. The van der Waals surface area contributed by atoms with Crippen molar-refractivity contribution in [2.24, 2.45) is 0 Å². The van der Waals surface area contributed by atoms with Gasteiger partial charge in [0.2, 0.25) is 0 Å². The first-order valence-electron chi connectivity index (χ1n) is 2.86. The van der Waals surface area contributed by atoms with Crippen LogP contribution in [-0.4, -0.2) is 11.8 Å². The van der Waals surface area contributed by atoms with E-state index in [1.165, 1.54) is 0 Å². The van der Waals surface area contributed by atoms with Gasteiger partial charge in [-0.3, -0.25) is 0 Å². The van der Waals surface area contributed by atoms with Crippen molar-refractivity contribution in [1.29, 1.82) is 0 Å². The molecule has 0 spiro atoms. The number of alkyl halides is 4. The maximum Gasteiger partial charge on any atom is 0.309 e. The van der Waals surface area contributed by atoms with E-state index < -0.39 is 18.3 Å². The van der Waals surface area contributed by atoms with Gasteiger partial charge in [-0.05, 0) is 6.42 Å². The summed E-state index contributed by atoms with van der Waals surface area (Å²) in [5.41, 5.74) is 0. The van der Waals surface area contributed by atoms with Crippen LogP contribution in [0.3, 0.4) is 0 Å². The fourth-order valence-electron chi connectivity index (χ4n) is 0.442. The van der Waals surface area contributed by atoms with Crippen LogP contribution >= 0.6 is 0 Å². The number of hydrogen-bond donors (Lipinski definition) is 0. The largest absolute Gasteiger partial charge is 0.309 e. The summed E-state index contributed by atoms with van der Waals surface area (Å²) in [6, 6.07) is 0. The Morgan fingerprint density at radius 2 is 1.60 bits per heavy atom. The van der Waals surface area contributed by atoms with Crippen LogP contribution in [0.4, 0.5) is 17.6 Å². The van der Waals surface area contributed by atoms with Gasteiger partial charge in [-0.15, -0.1) is 0 Å². The van der Waals surface area contributed by atoms with Gasteiger partial charge in [0, 0.05) is 13.3 Å². The van der Waals surface area contributed by atoms with Crippen molar-refractivity contribution in [1.82, 2.24) is 0 Å². The second-order valence-corrected chi connectivity index (χ2v) is 2.20. The summed E-state index contributed by atoms with van der Waals surface area (Å²) in [7, 11) is 0. The molecule has 0 nitrogen and oxygen atoms in total. The number of halogens is 4. The number of rotatable bonds is 3. The molecule has 0 amide bonds. The molecule has 0 aliphatic rings.